The van der Waals surface area contributed by atoms with Crippen LogP contribution in [-0.2, 0) is 6.54 Å². The van der Waals surface area contributed by atoms with Gasteiger partial charge in [-0.15, -0.1) is 0 Å². The molecule has 2 aromatic carbocycles. The Bertz CT molecular complexity index is 981. The maximum atomic E-state index is 12.0. The standard InChI is InChI=1S/C21H22ClNO3/c1-14-8-9-17-16(12-20(24)26-21(17)15(14)2)13-23(3)10-11-25-19-7-5-4-6-18(19)22/h4-9,12H,10-11,13H2,1-3H3. The van der Waals surface area contributed by atoms with Crippen molar-refractivity contribution in [2.75, 3.05) is 20.2 Å². The van der Waals surface area contributed by atoms with Gasteiger partial charge in [0.15, 0.2) is 0 Å². The van der Waals surface area contributed by atoms with Gasteiger partial charge in [0.2, 0.25) is 0 Å². The molecule has 4 nitrogen and oxygen atoms in total. The Labute approximate surface area is 158 Å². The van der Waals surface area contributed by atoms with E-state index in [4.69, 9.17) is 20.8 Å². The van der Waals surface area contributed by atoms with Gasteiger partial charge in [0.1, 0.15) is 17.9 Å². The molecule has 5 heteroatoms. The molecule has 0 atom stereocenters. The van der Waals surface area contributed by atoms with Crippen molar-refractivity contribution in [3.63, 3.8) is 0 Å². The van der Waals surface area contributed by atoms with Crippen LogP contribution in [0.4, 0.5) is 0 Å². The number of nitrogens with zero attached hydrogens (tertiary/aromatic N) is 1. The molecule has 0 unspecified atom stereocenters. The van der Waals surface area contributed by atoms with Crippen molar-refractivity contribution in [3.8, 4) is 5.75 Å². The van der Waals surface area contributed by atoms with Gasteiger partial charge in [0.05, 0.1) is 5.02 Å². The summed E-state index contributed by atoms with van der Waals surface area (Å²) in [7, 11) is 2.00. The van der Waals surface area contributed by atoms with Gasteiger partial charge < -0.3 is 9.15 Å². The Balaban J connectivity index is 1.71. The van der Waals surface area contributed by atoms with Crippen LogP contribution >= 0.6 is 11.6 Å². The van der Waals surface area contributed by atoms with E-state index in [9.17, 15) is 4.79 Å². The fourth-order valence-corrected chi connectivity index (χ4v) is 3.09. The van der Waals surface area contributed by atoms with Crippen LogP contribution in [0.1, 0.15) is 16.7 Å². The van der Waals surface area contributed by atoms with Gasteiger partial charge in [-0.25, -0.2) is 4.79 Å². The van der Waals surface area contributed by atoms with Crippen LogP contribution in [0.15, 0.2) is 51.7 Å². The normalized spacial score (nSPS) is 11.3. The molecule has 0 bridgehead atoms. The quantitative estimate of drug-likeness (QED) is 0.595. The molecule has 0 N–H and O–H groups in total. The summed E-state index contributed by atoms with van der Waals surface area (Å²) in [5.74, 6) is 0.680. The van der Waals surface area contributed by atoms with Gasteiger partial charge in [-0.05, 0) is 49.7 Å². The molecular weight excluding hydrogens is 350 g/mol. The third kappa shape index (κ3) is 4.09. The molecule has 0 aliphatic carbocycles. The summed E-state index contributed by atoms with van der Waals surface area (Å²) < 4.78 is 11.2. The number of halogens is 1. The fraction of sp³-hybridized carbons (Fsp3) is 0.286. The molecule has 0 amide bonds. The van der Waals surface area contributed by atoms with Crippen molar-refractivity contribution in [2.24, 2.45) is 0 Å². The molecule has 0 fully saturated rings. The van der Waals surface area contributed by atoms with Gasteiger partial charge >= 0.3 is 5.63 Å². The highest BCUT2D eigenvalue weighted by molar-refractivity contribution is 6.32. The van der Waals surface area contributed by atoms with Crippen LogP contribution in [0.25, 0.3) is 11.0 Å². The second-order valence-electron chi connectivity index (χ2n) is 6.49. The summed E-state index contributed by atoms with van der Waals surface area (Å²) in [6.07, 6.45) is 0. The highest BCUT2D eigenvalue weighted by atomic mass is 35.5. The molecule has 26 heavy (non-hydrogen) atoms. The number of rotatable bonds is 6. The van der Waals surface area contributed by atoms with Crippen LogP contribution in [0, 0.1) is 13.8 Å². The van der Waals surface area contributed by atoms with E-state index in [1.165, 1.54) is 0 Å². The number of fused-ring (bicyclic) bond motifs is 1. The molecule has 0 spiro atoms. The predicted octanol–water partition coefficient (Wildman–Crippen LogP) is 4.57. The van der Waals surface area contributed by atoms with Crippen molar-refractivity contribution in [2.45, 2.75) is 20.4 Å². The van der Waals surface area contributed by atoms with Gasteiger partial charge in [0, 0.05) is 24.5 Å². The average molecular weight is 372 g/mol. The lowest BCUT2D eigenvalue weighted by atomic mass is 10.0. The molecule has 1 aromatic heterocycles. The first-order valence-electron chi connectivity index (χ1n) is 8.54. The van der Waals surface area contributed by atoms with Crippen molar-refractivity contribution >= 4 is 22.6 Å². The van der Waals surface area contributed by atoms with Crippen LogP contribution < -0.4 is 10.4 Å². The number of ether oxygens (including phenoxy) is 1. The summed E-state index contributed by atoms with van der Waals surface area (Å²) in [5.41, 5.74) is 3.43. The zero-order valence-corrected chi connectivity index (χ0v) is 16.0. The number of hydrogen-bond acceptors (Lipinski definition) is 4. The van der Waals surface area contributed by atoms with E-state index in [1.54, 1.807) is 12.1 Å². The smallest absolute Gasteiger partial charge is 0.336 e. The largest absolute Gasteiger partial charge is 0.491 e. The highest BCUT2D eigenvalue weighted by Crippen LogP contribution is 2.24. The number of likely N-dealkylation sites (N-methyl/N-ethyl adjacent to an activating group) is 1. The predicted molar refractivity (Wildman–Crippen MR) is 105 cm³/mol. The molecule has 1 heterocycles. The molecule has 0 aliphatic heterocycles. The lowest BCUT2D eigenvalue weighted by Gasteiger charge is -2.18. The molecule has 0 radical (unpaired) electrons. The van der Waals surface area contributed by atoms with Crippen molar-refractivity contribution in [1.29, 1.82) is 0 Å². The molecule has 0 saturated heterocycles. The third-order valence-corrected chi connectivity index (χ3v) is 4.84. The van der Waals surface area contributed by atoms with E-state index in [-0.39, 0.29) is 5.63 Å². The number of aryl methyl sites for hydroxylation is 2. The highest BCUT2D eigenvalue weighted by Gasteiger charge is 2.11. The lowest BCUT2D eigenvalue weighted by Crippen LogP contribution is -2.24. The minimum Gasteiger partial charge on any atom is -0.491 e. The zero-order chi connectivity index (χ0) is 18.7. The summed E-state index contributed by atoms with van der Waals surface area (Å²) in [4.78, 5) is 14.1. The second-order valence-corrected chi connectivity index (χ2v) is 6.90. The summed E-state index contributed by atoms with van der Waals surface area (Å²) in [6, 6.07) is 13.1. The number of hydrogen-bond donors (Lipinski definition) is 0. The maximum absolute atomic E-state index is 12.0. The average Bonchev–Trinajstić information content (AvgIpc) is 2.60. The topological polar surface area (TPSA) is 42.7 Å². The zero-order valence-electron chi connectivity index (χ0n) is 15.2. The molecule has 0 saturated carbocycles. The van der Waals surface area contributed by atoms with Crippen molar-refractivity contribution in [1.82, 2.24) is 4.90 Å². The number of para-hydroxylation sites is 1. The van der Waals surface area contributed by atoms with E-state index >= 15 is 0 Å². The van der Waals surface area contributed by atoms with Gasteiger partial charge in [-0.1, -0.05) is 35.9 Å². The Morgan fingerprint density at radius 1 is 1.15 bits per heavy atom. The van der Waals surface area contributed by atoms with Crippen molar-refractivity contribution in [3.05, 3.63) is 74.6 Å². The Morgan fingerprint density at radius 3 is 2.69 bits per heavy atom. The van der Waals surface area contributed by atoms with Gasteiger partial charge in [-0.2, -0.15) is 0 Å². The van der Waals surface area contributed by atoms with Crippen LogP contribution in [0.3, 0.4) is 0 Å². The van der Waals surface area contributed by atoms with E-state index in [2.05, 4.69) is 11.0 Å². The van der Waals surface area contributed by atoms with E-state index in [1.807, 2.05) is 45.2 Å². The van der Waals surface area contributed by atoms with E-state index < -0.39 is 0 Å². The third-order valence-electron chi connectivity index (χ3n) is 4.52. The first-order chi connectivity index (χ1) is 12.5. The first kappa shape index (κ1) is 18.5. The van der Waals surface area contributed by atoms with Crippen LogP contribution in [0.5, 0.6) is 5.75 Å². The Morgan fingerprint density at radius 2 is 1.92 bits per heavy atom. The molecule has 136 valence electrons. The minimum atomic E-state index is -0.318. The van der Waals surface area contributed by atoms with Crippen molar-refractivity contribution < 1.29 is 9.15 Å². The summed E-state index contributed by atoms with van der Waals surface area (Å²) in [5, 5.41) is 1.58. The van der Waals surface area contributed by atoms with Gasteiger partial charge in [0.25, 0.3) is 0 Å². The minimum absolute atomic E-state index is 0.318. The van der Waals surface area contributed by atoms with E-state index in [0.29, 0.717) is 36.1 Å². The Hall–Kier alpha value is -2.30. The summed E-state index contributed by atoms with van der Waals surface area (Å²) in [6.45, 7) is 5.84. The fourth-order valence-electron chi connectivity index (χ4n) is 2.90. The molecule has 3 rings (SSSR count). The van der Waals surface area contributed by atoms with Crippen LogP contribution in [-0.4, -0.2) is 25.1 Å². The number of benzene rings is 2. The monoisotopic (exact) mass is 371 g/mol. The molecular formula is C21H22ClNO3. The van der Waals surface area contributed by atoms with E-state index in [0.717, 1.165) is 22.1 Å². The second kappa shape index (κ2) is 7.94. The molecule has 0 aliphatic rings. The van der Waals surface area contributed by atoms with Crippen LogP contribution in [0.2, 0.25) is 5.02 Å². The Kier molecular flexibility index (Phi) is 5.64. The maximum Gasteiger partial charge on any atom is 0.336 e. The SMILES string of the molecule is Cc1ccc2c(CN(C)CCOc3ccccc3Cl)cc(=O)oc2c1C. The molecule has 3 aromatic rings. The summed E-state index contributed by atoms with van der Waals surface area (Å²) >= 11 is 6.10. The first-order valence-corrected chi connectivity index (χ1v) is 8.92. The lowest BCUT2D eigenvalue weighted by molar-refractivity contribution is 0.233. The van der Waals surface area contributed by atoms with Gasteiger partial charge in [-0.3, -0.25) is 4.90 Å².